The maximum absolute atomic E-state index is 12.2. The maximum atomic E-state index is 12.2. The molecule has 12 heteroatoms. The normalized spacial score (nSPS) is 14.2. The van der Waals surface area contributed by atoms with Crippen molar-refractivity contribution >= 4 is 39.1 Å². The summed E-state index contributed by atoms with van der Waals surface area (Å²) in [5.41, 5.74) is 4.10. The first-order valence-corrected chi connectivity index (χ1v) is 10.3. The van der Waals surface area contributed by atoms with Crippen molar-refractivity contribution in [1.82, 2.24) is 5.32 Å². The van der Waals surface area contributed by atoms with E-state index in [1.165, 1.54) is 36.4 Å². The molecule has 1 aliphatic rings. The number of carbonyl (C=O) groups is 2. The number of aliphatic hydroxyl groups is 1. The molecule has 0 radical (unpaired) electrons. The SMILES string of the molecule is NS(=O)(=O)c1ccc(NN=C2C(=O)Nc3ccc(OC(=O)NCCCO)cc32)cc1. The van der Waals surface area contributed by atoms with Crippen LogP contribution in [0.5, 0.6) is 5.75 Å². The average molecular weight is 433 g/mol. The van der Waals surface area contributed by atoms with E-state index in [9.17, 15) is 18.0 Å². The van der Waals surface area contributed by atoms with Crippen LogP contribution in [0.1, 0.15) is 12.0 Å². The molecule has 1 heterocycles. The van der Waals surface area contributed by atoms with Crippen molar-refractivity contribution in [2.75, 3.05) is 23.9 Å². The Morgan fingerprint density at radius 3 is 2.60 bits per heavy atom. The van der Waals surface area contributed by atoms with E-state index in [2.05, 4.69) is 21.2 Å². The second-order valence-electron chi connectivity index (χ2n) is 6.20. The largest absolute Gasteiger partial charge is 0.412 e. The predicted molar refractivity (Wildman–Crippen MR) is 109 cm³/mol. The van der Waals surface area contributed by atoms with Crippen molar-refractivity contribution in [3.05, 3.63) is 48.0 Å². The summed E-state index contributed by atoms with van der Waals surface area (Å²) < 4.78 is 27.8. The van der Waals surface area contributed by atoms with Gasteiger partial charge in [-0.05, 0) is 48.9 Å². The summed E-state index contributed by atoms with van der Waals surface area (Å²) in [6, 6.07) is 10.1. The summed E-state index contributed by atoms with van der Waals surface area (Å²) in [4.78, 5) is 23.9. The molecule has 0 atom stereocenters. The minimum absolute atomic E-state index is 0.0511. The van der Waals surface area contributed by atoms with Gasteiger partial charge in [0, 0.05) is 18.7 Å². The Morgan fingerprint density at radius 1 is 1.20 bits per heavy atom. The lowest BCUT2D eigenvalue weighted by atomic mass is 10.1. The van der Waals surface area contributed by atoms with E-state index in [0.29, 0.717) is 23.4 Å². The third kappa shape index (κ3) is 5.11. The van der Waals surface area contributed by atoms with Crippen LogP contribution in [0.3, 0.4) is 0 Å². The molecule has 2 aromatic rings. The number of nitrogens with two attached hydrogens (primary N) is 1. The molecule has 0 aliphatic carbocycles. The van der Waals surface area contributed by atoms with Crippen LogP contribution in [-0.2, 0) is 14.8 Å². The number of hydrogen-bond acceptors (Lipinski definition) is 8. The predicted octanol–water partition coefficient (Wildman–Crippen LogP) is 0.573. The molecule has 3 rings (SSSR count). The van der Waals surface area contributed by atoms with Gasteiger partial charge >= 0.3 is 6.09 Å². The molecule has 1 aliphatic heterocycles. The van der Waals surface area contributed by atoms with Gasteiger partial charge in [0.05, 0.1) is 16.3 Å². The Balaban J connectivity index is 1.74. The number of sulfonamides is 1. The third-order valence-corrected chi connectivity index (χ3v) is 4.93. The van der Waals surface area contributed by atoms with Gasteiger partial charge in [0.15, 0.2) is 5.71 Å². The summed E-state index contributed by atoms with van der Waals surface area (Å²) in [7, 11) is -3.81. The molecule has 2 amide bonds. The molecule has 0 unspecified atom stereocenters. The molecule has 2 aromatic carbocycles. The van der Waals surface area contributed by atoms with Gasteiger partial charge in [-0.1, -0.05) is 0 Å². The number of aliphatic hydroxyl groups excluding tert-OH is 1. The standard InChI is InChI=1S/C18H19N5O6S/c19-30(27,28)13-5-2-11(3-6-13)22-23-16-14-10-12(4-7-15(14)21-17(16)25)29-18(26)20-8-1-9-24/h2-7,10,22,24H,1,8-9H2,(H,20,26)(H2,19,27,28)(H,21,23,25). The van der Waals surface area contributed by atoms with Crippen molar-refractivity contribution in [1.29, 1.82) is 0 Å². The van der Waals surface area contributed by atoms with E-state index >= 15 is 0 Å². The van der Waals surface area contributed by atoms with Crippen LogP contribution < -0.4 is 25.9 Å². The van der Waals surface area contributed by atoms with E-state index in [-0.39, 0.29) is 29.5 Å². The minimum Gasteiger partial charge on any atom is -0.410 e. The number of benzene rings is 2. The molecule has 0 fully saturated rings. The number of nitrogens with zero attached hydrogens (tertiary/aromatic N) is 1. The number of hydrazone groups is 1. The van der Waals surface area contributed by atoms with E-state index < -0.39 is 22.0 Å². The monoisotopic (exact) mass is 433 g/mol. The zero-order valence-electron chi connectivity index (χ0n) is 15.6. The molecule has 0 saturated carbocycles. The van der Waals surface area contributed by atoms with Gasteiger partial charge in [0.25, 0.3) is 5.91 Å². The molecular weight excluding hydrogens is 414 g/mol. The summed E-state index contributed by atoms with van der Waals surface area (Å²) in [6.07, 6.45) is -0.287. The highest BCUT2D eigenvalue weighted by atomic mass is 32.2. The molecule has 0 spiro atoms. The van der Waals surface area contributed by atoms with Crippen molar-refractivity contribution in [3.8, 4) is 5.75 Å². The molecule has 30 heavy (non-hydrogen) atoms. The number of carbonyl (C=O) groups excluding carboxylic acids is 2. The minimum atomic E-state index is -3.81. The first kappa shape index (κ1) is 21.2. The number of nitrogens with one attached hydrogen (secondary N) is 3. The first-order chi connectivity index (χ1) is 14.3. The topological polar surface area (TPSA) is 172 Å². The lowest BCUT2D eigenvalue weighted by Crippen LogP contribution is -2.28. The Bertz CT molecular complexity index is 1100. The molecule has 0 saturated heterocycles. The fourth-order valence-corrected chi connectivity index (χ4v) is 3.07. The molecule has 0 aromatic heterocycles. The number of hydrogen-bond donors (Lipinski definition) is 5. The number of primary sulfonamides is 1. The van der Waals surface area contributed by atoms with E-state index in [1.807, 2.05) is 0 Å². The molecule has 0 bridgehead atoms. The number of rotatable bonds is 7. The van der Waals surface area contributed by atoms with Crippen LogP contribution in [-0.4, -0.2) is 44.4 Å². The molecule has 11 nitrogen and oxygen atoms in total. The highest BCUT2D eigenvalue weighted by molar-refractivity contribution is 7.89. The van der Waals surface area contributed by atoms with E-state index in [0.717, 1.165) is 0 Å². The van der Waals surface area contributed by atoms with Crippen LogP contribution >= 0.6 is 0 Å². The van der Waals surface area contributed by atoms with Gasteiger partial charge in [-0.2, -0.15) is 5.10 Å². The Labute approximate surface area is 172 Å². The van der Waals surface area contributed by atoms with E-state index in [4.69, 9.17) is 15.0 Å². The number of amides is 2. The highest BCUT2D eigenvalue weighted by Crippen LogP contribution is 2.28. The zero-order chi connectivity index (χ0) is 21.7. The van der Waals surface area contributed by atoms with Crippen LogP contribution in [0.25, 0.3) is 0 Å². The molecular formula is C18H19N5O6S. The summed E-state index contributed by atoms with van der Waals surface area (Å²) >= 11 is 0. The summed E-state index contributed by atoms with van der Waals surface area (Å²) in [5.74, 6) is -0.250. The van der Waals surface area contributed by atoms with Crippen LogP contribution in [0.4, 0.5) is 16.2 Å². The molecule has 6 N–H and O–H groups in total. The van der Waals surface area contributed by atoms with E-state index in [1.54, 1.807) is 6.07 Å². The van der Waals surface area contributed by atoms with Gasteiger partial charge in [0.1, 0.15) is 5.75 Å². The van der Waals surface area contributed by atoms with Gasteiger partial charge in [-0.15, -0.1) is 0 Å². The Kier molecular flexibility index (Phi) is 6.30. The first-order valence-electron chi connectivity index (χ1n) is 8.77. The van der Waals surface area contributed by atoms with Crippen molar-refractivity contribution in [2.45, 2.75) is 11.3 Å². The Morgan fingerprint density at radius 2 is 1.93 bits per heavy atom. The average Bonchev–Trinajstić information content (AvgIpc) is 3.00. The Hall–Kier alpha value is -3.48. The van der Waals surface area contributed by atoms with Gasteiger partial charge in [0.2, 0.25) is 10.0 Å². The van der Waals surface area contributed by atoms with Crippen LogP contribution in [0.2, 0.25) is 0 Å². The van der Waals surface area contributed by atoms with Crippen molar-refractivity contribution in [2.24, 2.45) is 10.2 Å². The number of ether oxygens (including phenoxy) is 1. The fraction of sp³-hybridized carbons (Fsp3) is 0.167. The lowest BCUT2D eigenvalue weighted by Gasteiger charge is -2.07. The maximum Gasteiger partial charge on any atom is 0.412 e. The van der Waals surface area contributed by atoms with Crippen LogP contribution in [0, 0.1) is 0 Å². The smallest absolute Gasteiger partial charge is 0.410 e. The van der Waals surface area contributed by atoms with Crippen molar-refractivity contribution < 1.29 is 27.9 Å². The second-order valence-corrected chi connectivity index (χ2v) is 7.76. The van der Waals surface area contributed by atoms with Gasteiger partial charge in [-0.25, -0.2) is 18.4 Å². The third-order valence-electron chi connectivity index (χ3n) is 4.00. The second kappa shape index (κ2) is 8.90. The molecule has 158 valence electrons. The van der Waals surface area contributed by atoms with Gasteiger partial charge in [-0.3, -0.25) is 10.2 Å². The van der Waals surface area contributed by atoms with Gasteiger partial charge < -0.3 is 20.5 Å². The summed E-state index contributed by atoms with van der Waals surface area (Å²) in [6.45, 7) is 0.214. The quantitative estimate of drug-likeness (QED) is 0.314. The van der Waals surface area contributed by atoms with Crippen molar-refractivity contribution in [3.63, 3.8) is 0 Å². The fourth-order valence-electron chi connectivity index (χ4n) is 2.56. The zero-order valence-corrected chi connectivity index (χ0v) is 16.4. The highest BCUT2D eigenvalue weighted by Gasteiger charge is 2.27. The lowest BCUT2D eigenvalue weighted by molar-refractivity contribution is -0.110. The number of fused-ring (bicyclic) bond motifs is 1. The number of anilines is 2. The summed E-state index contributed by atoms with van der Waals surface area (Å²) in [5, 5.41) is 23.0. The van der Waals surface area contributed by atoms with Crippen LogP contribution in [0.15, 0.2) is 52.5 Å².